The van der Waals surface area contributed by atoms with Crippen LogP contribution in [-0.2, 0) is 9.53 Å². The molecule has 1 N–H and O–H groups in total. The molecule has 0 aromatic carbocycles. The molecule has 0 bridgehead atoms. The largest absolute Gasteiger partial charge is 0.466 e. The predicted octanol–water partition coefficient (Wildman–Crippen LogP) is 1.10. The van der Waals surface area contributed by atoms with Gasteiger partial charge in [-0.2, -0.15) is 0 Å². The molecule has 0 heterocycles. The van der Waals surface area contributed by atoms with Crippen LogP contribution in [0.15, 0.2) is 0 Å². The van der Waals surface area contributed by atoms with E-state index in [2.05, 4.69) is 4.74 Å². The van der Waals surface area contributed by atoms with Crippen molar-refractivity contribution in [2.45, 2.75) is 39.2 Å². The summed E-state index contributed by atoms with van der Waals surface area (Å²) < 4.78 is 4.69. The van der Waals surface area contributed by atoms with Gasteiger partial charge in [-0.25, -0.2) is 0 Å². The maximum atomic E-state index is 10.8. The summed E-state index contributed by atoms with van der Waals surface area (Å²) in [7, 11) is 0. The van der Waals surface area contributed by atoms with E-state index in [0.29, 0.717) is 13.0 Å². The molecule has 0 aliphatic heterocycles. The lowest BCUT2D eigenvalue weighted by Crippen LogP contribution is -2.20. The van der Waals surface area contributed by atoms with Crippen molar-refractivity contribution in [2.75, 3.05) is 6.61 Å². The van der Waals surface area contributed by atoms with Crippen LogP contribution in [-0.4, -0.2) is 23.3 Å². The molecule has 3 nitrogen and oxygen atoms in total. The average molecular weight is 160 g/mol. The first kappa shape index (κ1) is 10.4. The maximum Gasteiger partial charge on any atom is 0.305 e. The Hall–Kier alpha value is -0.570. The molecule has 0 aliphatic rings. The van der Waals surface area contributed by atoms with Crippen molar-refractivity contribution in [3.8, 4) is 0 Å². The van der Waals surface area contributed by atoms with Gasteiger partial charge in [0.1, 0.15) is 0 Å². The fourth-order valence-electron chi connectivity index (χ4n) is 0.641. The second-order valence-electron chi connectivity index (χ2n) is 3.12. The van der Waals surface area contributed by atoms with E-state index in [9.17, 15) is 9.90 Å². The molecule has 0 aliphatic carbocycles. The maximum absolute atomic E-state index is 10.8. The minimum absolute atomic E-state index is 0.241. The van der Waals surface area contributed by atoms with Crippen LogP contribution in [0.25, 0.3) is 0 Å². The molecule has 0 saturated carbocycles. The van der Waals surface area contributed by atoms with Crippen molar-refractivity contribution in [3.63, 3.8) is 0 Å². The molecule has 66 valence electrons. The zero-order valence-electron chi connectivity index (χ0n) is 7.39. The number of carbonyl (C=O) groups excluding carboxylic acids is 1. The molecule has 0 amide bonds. The molecule has 0 saturated heterocycles. The van der Waals surface area contributed by atoms with E-state index in [1.54, 1.807) is 20.8 Å². The lowest BCUT2D eigenvalue weighted by atomic mass is 10.0. The summed E-state index contributed by atoms with van der Waals surface area (Å²) in [6.45, 7) is 5.52. The van der Waals surface area contributed by atoms with Crippen LogP contribution in [0.5, 0.6) is 0 Å². The van der Waals surface area contributed by atoms with Gasteiger partial charge < -0.3 is 9.84 Å². The Morgan fingerprint density at radius 3 is 2.45 bits per heavy atom. The molecule has 0 aromatic rings. The van der Waals surface area contributed by atoms with Crippen LogP contribution in [0.3, 0.4) is 0 Å². The molecule has 0 atom stereocenters. The third kappa shape index (κ3) is 7.33. The molecule has 0 fully saturated rings. The Morgan fingerprint density at radius 2 is 2.09 bits per heavy atom. The van der Waals surface area contributed by atoms with Gasteiger partial charge in [-0.05, 0) is 27.2 Å². The van der Waals surface area contributed by atoms with Crippen molar-refractivity contribution in [3.05, 3.63) is 0 Å². The van der Waals surface area contributed by atoms with Crippen LogP contribution in [0, 0.1) is 0 Å². The van der Waals surface area contributed by atoms with Crippen LogP contribution in [0.1, 0.15) is 33.6 Å². The van der Waals surface area contributed by atoms with Crippen molar-refractivity contribution in [1.29, 1.82) is 0 Å². The molecule has 0 rings (SSSR count). The highest BCUT2D eigenvalue weighted by Crippen LogP contribution is 2.10. The fourth-order valence-corrected chi connectivity index (χ4v) is 0.641. The summed E-state index contributed by atoms with van der Waals surface area (Å²) in [6, 6.07) is 0. The summed E-state index contributed by atoms with van der Waals surface area (Å²) >= 11 is 0. The van der Waals surface area contributed by atoms with Crippen molar-refractivity contribution in [1.82, 2.24) is 0 Å². The van der Waals surface area contributed by atoms with Gasteiger partial charge in [0.05, 0.1) is 12.2 Å². The average Bonchev–Trinajstić information content (AvgIpc) is 1.83. The van der Waals surface area contributed by atoms with Gasteiger partial charge in [-0.3, -0.25) is 4.79 Å². The van der Waals surface area contributed by atoms with Gasteiger partial charge in [0.15, 0.2) is 0 Å². The lowest BCUT2D eigenvalue weighted by molar-refractivity contribution is -0.144. The minimum Gasteiger partial charge on any atom is -0.466 e. The number of hydrogen-bond acceptors (Lipinski definition) is 3. The van der Waals surface area contributed by atoms with E-state index in [1.807, 2.05) is 0 Å². The highest BCUT2D eigenvalue weighted by molar-refractivity contribution is 5.69. The summed E-state index contributed by atoms with van der Waals surface area (Å²) in [6.07, 6.45) is 0.739. The van der Waals surface area contributed by atoms with E-state index < -0.39 is 5.60 Å². The summed E-state index contributed by atoms with van der Waals surface area (Å²) in [4.78, 5) is 10.8. The van der Waals surface area contributed by atoms with E-state index in [1.165, 1.54) is 0 Å². The molecular formula is C8H16O3. The Morgan fingerprint density at radius 1 is 1.55 bits per heavy atom. The van der Waals surface area contributed by atoms with Gasteiger partial charge in [0.2, 0.25) is 0 Å². The van der Waals surface area contributed by atoms with E-state index in [4.69, 9.17) is 0 Å². The summed E-state index contributed by atoms with van der Waals surface area (Å²) in [5, 5.41) is 9.23. The minimum atomic E-state index is -0.771. The lowest BCUT2D eigenvalue weighted by Gasteiger charge is -2.15. The SMILES string of the molecule is CCOC(=O)CCC(C)(C)O. The monoisotopic (exact) mass is 160 g/mol. The molecule has 0 aromatic heterocycles. The van der Waals surface area contributed by atoms with Gasteiger partial charge >= 0.3 is 5.97 Å². The van der Waals surface area contributed by atoms with Crippen LogP contribution >= 0.6 is 0 Å². The standard InChI is InChI=1S/C8H16O3/c1-4-11-7(9)5-6-8(2,3)10/h10H,4-6H2,1-3H3. The van der Waals surface area contributed by atoms with Crippen LogP contribution in [0.2, 0.25) is 0 Å². The quantitative estimate of drug-likeness (QED) is 0.626. The number of carbonyl (C=O) groups is 1. The second-order valence-corrected chi connectivity index (χ2v) is 3.12. The Bertz CT molecular complexity index is 124. The van der Waals surface area contributed by atoms with Gasteiger partial charge in [-0.15, -0.1) is 0 Å². The Kier molecular flexibility index (Phi) is 4.11. The number of hydrogen-bond donors (Lipinski definition) is 1. The fraction of sp³-hybridized carbons (Fsp3) is 0.875. The van der Waals surface area contributed by atoms with Crippen molar-refractivity contribution < 1.29 is 14.6 Å². The smallest absolute Gasteiger partial charge is 0.305 e. The van der Waals surface area contributed by atoms with Gasteiger partial charge in [0.25, 0.3) is 0 Å². The first-order valence-corrected chi connectivity index (χ1v) is 3.83. The predicted molar refractivity (Wildman–Crippen MR) is 42.2 cm³/mol. The highest BCUT2D eigenvalue weighted by Gasteiger charge is 2.14. The summed E-state index contributed by atoms with van der Waals surface area (Å²) in [5.74, 6) is -0.241. The summed E-state index contributed by atoms with van der Waals surface area (Å²) in [5.41, 5.74) is -0.771. The highest BCUT2D eigenvalue weighted by atomic mass is 16.5. The molecular weight excluding hydrogens is 144 g/mol. The molecule has 0 spiro atoms. The normalized spacial score (nSPS) is 11.3. The first-order chi connectivity index (χ1) is 4.95. The number of ether oxygens (including phenoxy) is 1. The molecule has 3 heteroatoms. The van der Waals surface area contributed by atoms with Crippen molar-refractivity contribution >= 4 is 5.97 Å². The van der Waals surface area contributed by atoms with E-state index in [-0.39, 0.29) is 12.4 Å². The Balaban J connectivity index is 3.46. The van der Waals surface area contributed by atoms with Crippen LogP contribution < -0.4 is 0 Å². The number of rotatable bonds is 4. The number of esters is 1. The molecule has 0 radical (unpaired) electrons. The van der Waals surface area contributed by atoms with Gasteiger partial charge in [0, 0.05) is 6.42 Å². The van der Waals surface area contributed by atoms with Crippen LogP contribution in [0.4, 0.5) is 0 Å². The van der Waals surface area contributed by atoms with E-state index >= 15 is 0 Å². The Labute approximate surface area is 67.4 Å². The third-order valence-corrected chi connectivity index (χ3v) is 1.25. The molecule has 11 heavy (non-hydrogen) atoms. The molecule has 0 unspecified atom stereocenters. The zero-order chi connectivity index (χ0) is 8.91. The topological polar surface area (TPSA) is 46.5 Å². The van der Waals surface area contributed by atoms with E-state index in [0.717, 1.165) is 0 Å². The number of aliphatic hydroxyl groups is 1. The van der Waals surface area contributed by atoms with Gasteiger partial charge in [-0.1, -0.05) is 0 Å². The van der Waals surface area contributed by atoms with Crippen molar-refractivity contribution in [2.24, 2.45) is 0 Å². The zero-order valence-corrected chi connectivity index (χ0v) is 7.39. The first-order valence-electron chi connectivity index (χ1n) is 3.83. The third-order valence-electron chi connectivity index (χ3n) is 1.25. The second kappa shape index (κ2) is 4.34.